The van der Waals surface area contributed by atoms with Gasteiger partial charge in [-0.05, 0) is 72.9 Å². The zero-order chi connectivity index (χ0) is 32.3. The van der Waals surface area contributed by atoms with E-state index >= 15 is 0 Å². The van der Waals surface area contributed by atoms with E-state index in [0.29, 0.717) is 22.4 Å². The quantitative estimate of drug-likeness (QED) is 0.226. The first kappa shape index (κ1) is 31.5. The number of carbonyl (C=O) groups excluding carboxylic acids is 2. The monoisotopic (exact) mass is 634 g/mol. The summed E-state index contributed by atoms with van der Waals surface area (Å²) in [6.45, 7) is 7.87. The molecular weight excluding hydrogens is 605 g/mol. The highest BCUT2D eigenvalue weighted by atomic mass is 32.2. The Morgan fingerprint density at radius 1 is 1.09 bits per heavy atom. The summed E-state index contributed by atoms with van der Waals surface area (Å²) in [5, 5.41) is 7.50. The number of amidine groups is 1. The summed E-state index contributed by atoms with van der Waals surface area (Å²) < 4.78 is 42.6. The van der Waals surface area contributed by atoms with E-state index in [9.17, 15) is 22.8 Å². The highest BCUT2D eigenvalue weighted by Gasteiger charge is 2.33. The number of amides is 3. The van der Waals surface area contributed by atoms with Gasteiger partial charge in [0, 0.05) is 11.3 Å². The average Bonchev–Trinajstić information content (AvgIpc) is 3.59. The second-order valence-electron chi connectivity index (χ2n) is 10.5. The minimum absolute atomic E-state index is 0.126. The molecule has 1 saturated heterocycles. The number of anilines is 1. The number of nitrogens with one attached hydrogen (secondary N) is 1. The molecule has 0 unspecified atom stereocenters. The second-order valence-corrected chi connectivity index (χ2v) is 11.5. The summed E-state index contributed by atoms with van der Waals surface area (Å²) in [7, 11) is 0. The van der Waals surface area contributed by atoms with Crippen molar-refractivity contribution in [3.05, 3.63) is 95.4 Å². The van der Waals surface area contributed by atoms with E-state index in [1.54, 1.807) is 13.0 Å². The van der Waals surface area contributed by atoms with Crippen LogP contribution in [0.2, 0.25) is 0 Å². The van der Waals surface area contributed by atoms with Crippen LogP contribution < -0.4 is 15.0 Å². The van der Waals surface area contributed by atoms with E-state index < -0.39 is 12.4 Å². The maximum atomic E-state index is 12.8. The maximum Gasteiger partial charge on any atom is 0.573 e. The number of rotatable bonds is 7. The van der Waals surface area contributed by atoms with Crippen LogP contribution in [0.15, 0.2) is 83.7 Å². The third-order valence-electron chi connectivity index (χ3n) is 6.76. The van der Waals surface area contributed by atoms with Crippen LogP contribution in [0.1, 0.15) is 43.4 Å². The van der Waals surface area contributed by atoms with Crippen molar-refractivity contribution in [2.24, 2.45) is 4.99 Å². The van der Waals surface area contributed by atoms with Gasteiger partial charge in [0.1, 0.15) is 12.1 Å². The number of aromatic nitrogens is 3. The Morgan fingerprint density at radius 2 is 1.80 bits per heavy atom. The van der Waals surface area contributed by atoms with Crippen LogP contribution in [0.5, 0.6) is 5.75 Å². The molecule has 1 aromatic heterocycles. The second kappa shape index (κ2) is 13.0. The number of ether oxygens (including phenoxy) is 1. The fraction of sp³-hybridized carbons (Fsp3) is 0.219. The summed E-state index contributed by atoms with van der Waals surface area (Å²) >= 11 is 1.23. The first-order valence-electron chi connectivity index (χ1n) is 13.9. The van der Waals surface area contributed by atoms with Gasteiger partial charge in [-0.15, -0.1) is 18.3 Å². The van der Waals surface area contributed by atoms with Crippen LogP contribution in [-0.2, 0) is 4.79 Å². The average molecular weight is 635 g/mol. The van der Waals surface area contributed by atoms with E-state index in [2.05, 4.69) is 39.0 Å². The lowest BCUT2D eigenvalue weighted by Crippen LogP contribution is -2.32. The van der Waals surface area contributed by atoms with Crippen molar-refractivity contribution in [3.63, 3.8) is 0 Å². The van der Waals surface area contributed by atoms with Crippen LogP contribution >= 0.6 is 11.8 Å². The molecule has 0 saturated carbocycles. The molecule has 3 aromatic carbocycles. The molecule has 1 N–H and O–H groups in total. The van der Waals surface area contributed by atoms with Crippen molar-refractivity contribution in [2.75, 3.05) is 10.7 Å². The van der Waals surface area contributed by atoms with Crippen molar-refractivity contribution in [3.8, 4) is 22.8 Å². The minimum Gasteiger partial charge on any atom is -0.406 e. The Labute approximate surface area is 261 Å². The van der Waals surface area contributed by atoms with Gasteiger partial charge in [-0.25, -0.2) is 14.5 Å². The highest BCUT2D eigenvalue weighted by Crippen LogP contribution is 2.35. The molecule has 0 spiro atoms. The molecule has 9 nitrogen and oxygen atoms in total. The fourth-order valence-corrected chi connectivity index (χ4v) is 5.77. The van der Waals surface area contributed by atoms with E-state index in [0.717, 1.165) is 27.9 Å². The van der Waals surface area contributed by atoms with Gasteiger partial charge < -0.3 is 10.1 Å². The maximum absolute atomic E-state index is 12.8. The number of carbonyl (C=O) groups is 2. The number of nitrogens with zero attached hydrogens (tertiary/aromatic N) is 5. The van der Waals surface area contributed by atoms with Gasteiger partial charge in [-0.1, -0.05) is 62.0 Å². The summed E-state index contributed by atoms with van der Waals surface area (Å²) in [4.78, 5) is 35.7. The largest absolute Gasteiger partial charge is 0.573 e. The molecule has 0 atom stereocenters. The predicted molar refractivity (Wildman–Crippen MR) is 168 cm³/mol. The molecule has 0 aliphatic carbocycles. The van der Waals surface area contributed by atoms with Gasteiger partial charge in [0.15, 0.2) is 11.0 Å². The van der Waals surface area contributed by atoms with Crippen LogP contribution in [-0.4, -0.2) is 44.0 Å². The number of aryl methyl sites for hydroxylation is 1. The highest BCUT2D eigenvalue weighted by molar-refractivity contribution is 8.15. The molecule has 4 aromatic rings. The first-order valence-corrected chi connectivity index (χ1v) is 14.9. The molecule has 2 heterocycles. The minimum atomic E-state index is -4.76. The van der Waals surface area contributed by atoms with Crippen molar-refractivity contribution < 1.29 is 27.5 Å². The van der Waals surface area contributed by atoms with Crippen LogP contribution in [0.25, 0.3) is 23.2 Å². The lowest BCUT2D eigenvalue weighted by molar-refractivity contribution is -0.274. The van der Waals surface area contributed by atoms with Crippen LogP contribution in [0.4, 0.5) is 23.7 Å². The van der Waals surface area contributed by atoms with Gasteiger partial charge in [0.2, 0.25) is 5.91 Å². The Morgan fingerprint density at radius 3 is 2.47 bits per heavy atom. The standard InChI is InChI=1S/C32H29F3N6O3S/c1-19(2)28-20(3)6-5-7-26(28)41-27(42)17-45-31(41)38-30(43)37-21(4)16-22-8-10-23(11-9-22)29-36-18-40(39-29)24-12-14-25(15-13-24)44-32(33,34)35/h5-16,18-19H,17H2,1-4H3,(H,37,43)/b21-16+,38-31-. The van der Waals surface area contributed by atoms with E-state index in [4.69, 9.17) is 0 Å². The number of urea groups is 1. The number of hydrogen-bond donors (Lipinski definition) is 1. The number of thioether (sulfide) groups is 1. The zero-order valence-corrected chi connectivity index (χ0v) is 25.6. The topological polar surface area (TPSA) is 102 Å². The van der Waals surface area contributed by atoms with Gasteiger partial charge in [0.25, 0.3) is 0 Å². The molecule has 1 aliphatic heterocycles. The lowest BCUT2D eigenvalue weighted by atomic mass is 9.95. The Hall–Kier alpha value is -4.91. The predicted octanol–water partition coefficient (Wildman–Crippen LogP) is 7.47. The van der Waals surface area contributed by atoms with Gasteiger partial charge >= 0.3 is 12.4 Å². The normalized spacial score (nSPS) is 14.8. The third-order valence-corrected chi connectivity index (χ3v) is 7.69. The van der Waals surface area contributed by atoms with Gasteiger partial charge in [-0.3, -0.25) is 9.69 Å². The van der Waals surface area contributed by atoms with Crippen molar-refractivity contribution in [2.45, 2.75) is 40.0 Å². The molecule has 5 rings (SSSR count). The summed E-state index contributed by atoms with van der Waals surface area (Å²) in [5.41, 5.74) is 5.44. The molecule has 45 heavy (non-hydrogen) atoms. The lowest BCUT2D eigenvalue weighted by Gasteiger charge is -2.23. The molecule has 1 aliphatic rings. The van der Waals surface area contributed by atoms with Crippen molar-refractivity contribution in [1.82, 2.24) is 20.1 Å². The number of alkyl halides is 3. The number of allylic oxidation sites excluding steroid dienone is 1. The fourth-order valence-electron chi connectivity index (χ4n) is 4.91. The zero-order valence-electron chi connectivity index (χ0n) is 24.8. The summed E-state index contributed by atoms with van der Waals surface area (Å²) in [6.07, 6.45) is -1.52. The van der Waals surface area contributed by atoms with Crippen molar-refractivity contribution in [1.29, 1.82) is 0 Å². The molecule has 0 radical (unpaired) electrons. The molecule has 0 bridgehead atoms. The van der Waals surface area contributed by atoms with Gasteiger partial charge in [0.05, 0.1) is 17.1 Å². The van der Waals surface area contributed by atoms with Crippen LogP contribution in [0.3, 0.4) is 0 Å². The van der Waals surface area contributed by atoms with E-state index in [1.165, 1.54) is 51.9 Å². The van der Waals surface area contributed by atoms with Crippen molar-refractivity contribution >= 4 is 40.6 Å². The smallest absolute Gasteiger partial charge is 0.406 e. The summed E-state index contributed by atoms with van der Waals surface area (Å²) in [6, 6.07) is 17.8. The molecule has 13 heteroatoms. The molecular formula is C32H29F3N6O3S. The summed E-state index contributed by atoms with van der Waals surface area (Å²) in [5.74, 6) is 0.352. The third kappa shape index (κ3) is 7.60. The Balaban J connectivity index is 1.25. The SMILES string of the molecule is C/C(=C\c1ccc(-c2ncn(-c3ccc(OC(F)(F)F)cc3)n2)cc1)NC(=O)/N=C1\SCC(=O)N1c1cccc(C)c1C(C)C. The van der Waals surface area contributed by atoms with E-state index in [1.807, 2.05) is 49.4 Å². The molecule has 3 amide bonds. The first-order chi connectivity index (χ1) is 21.4. The number of benzene rings is 3. The number of halogens is 3. The number of hydrogen-bond acceptors (Lipinski definition) is 6. The molecule has 1 fully saturated rings. The Bertz CT molecular complexity index is 1780. The van der Waals surface area contributed by atoms with Crippen LogP contribution in [0, 0.1) is 6.92 Å². The van der Waals surface area contributed by atoms with E-state index in [-0.39, 0.29) is 23.3 Å². The number of aliphatic imine (C=N–C) groups is 1. The molecule has 232 valence electrons. The Kier molecular flexibility index (Phi) is 9.09. The van der Waals surface area contributed by atoms with Gasteiger partial charge in [-0.2, -0.15) is 4.99 Å².